The van der Waals surface area contributed by atoms with Gasteiger partial charge in [-0.15, -0.1) is 0 Å². The number of hydrogen-bond donors (Lipinski definition) is 2. The third-order valence-corrected chi connectivity index (χ3v) is 11.2. The minimum Gasteiger partial charge on any atom is -0.493 e. The van der Waals surface area contributed by atoms with Crippen molar-refractivity contribution in [2.75, 3.05) is 13.7 Å². The molecule has 398 valence electrons. The number of halogens is 17. The molecule has 26 heteroatoms. The second kappa shape index (κ2) is 22.0. The van der Waals surface area contributed by atoms with E-state index >= 15 is 0 Å². The molecular formula is C46H41F17O9. The Balaban J connectivity index is 1.34. The first-order chi connectivity index (χ1) is 33.4. The Morgan fingerprint density at radius 2 is 0.986 bits per heavy atom. The monoisotopic (exact) mass is 1060 g/mol. The third kappa shape index (κ3) is 11.5. The molecule has 0 amide bonds. The summed E-state index contributed by atoms with van der Waals surface area (Å²) in [6, 6.07) is 26.0. The fraction of sp³-hybridized carbons (Fsp3) is 0.457. The number of rotatable bonds is 24. The van der Waals surface area contributed by atoms with Gasteiger partial charge in [0.25, 0.3) is 0 Å². The molecule has 0 aromatic heterocycles. The summed E-state index contributed by atoms with van der Waals surface area (Å²) in [6.45, 7) is -1.22. The quantitative estimate of drug-likeness (QED) is 0.0663. The first kappa shape index (κ1) is 57.5. The Hall–Kier alpha value is -5.44. The summed E-state index contributed by atoms with van der Waals surface area (Å²) in [7, 11) is 1.26. The van der Waals surface area contributed by atoms with Crippen LogP contribution in [0.3, 0.4) is 0 Å². The van der Waals surface area contributed by atoms with Crippen molar-refractivity contribution >= 4 is 5.97 Å². The molecule has 9 nitrogen and oxygen atoms in total. The molecule has 0 unspecified atom stereocenters. The van der Waals surface area contributed by atoms with E-state index in [1.165, 1.54) is 37.4 Å². The summed E-state index contributed by atoms with van der Waals surface area (Å²) in [6.07, 6.45) is -18.8. The lowest BCUT2D eigenvalue weighted by molar-refractivity contribution is -0.461. The van der Waals surface area contributed by atoms with Crippen molar-refractivity contribution in [1.82, 2.24) is 0 Å². The van der Waals surface area contributed by atoms with Crippen LogP contribution < -0.4 is 9.47 Å². The Bertz CT molecular complexity index is 2390. The first-order valence-corrected chi connectivity index (χ1v) is 20.9. The van der Waals surface area contributed by atoms with Crippen LogP contribution in [0.1, 0.15) is 45.5 Å². The summed E-state index contributed by atoms with van der Waals surface area (Å²) >= 11 is 0. The molecule has 1 heterocycles. The van der Waals surface area contributed by atoms with Crippen molar-refractivity contribution in [2.45, 2.75) is 117 Å². The van der Waals surface area contributed by atoms with Gasteiger partial charge in [-0.2, -0.15) is 74.6 Å². The van der Waals surface area contributed by atoms with E-state index in [-0.39, 0.29) is 48.0 Å². The number of ether oxygens (including phenoxy) is 6. The second-order valence-corrected chi connectivity index (χ2v) is 16.1. The molecule has 0 bridgehead atoms. The number of methoxy groups -OCH3 is 1. The highest BCUT2D eigenvalue weighted by atomic mass is 19.4. The highest BCUT2D eigenvalue weighted by molar-refractivity contribution is 5.88. The van der Waals surface area contributed by atoms with Crippen LogP contribution in [0.2, 0.25) is 0 Å². The molecule has 5 rings (SSSR count). The van der Waals surface area contributed by atoms with Crippen molar-refractivity contribution < 1.29 is 118 Å². The van der Waals surface area contributed by atoms with Gasteiger partial charge in [0.2, 0.25) is 6.29 Å². The Morgan fingerprint density at radius 3 is 1.46 bits per heavy atom. The smallest absolute Gasteiger partial charge is 0.460 e. The first-order valence-electron chi connectivity index (χ1n) is 20.9. The van der Waals surface area contributed by atoms with Crippen molar-refractivity contribution in [2.24, 2.45) is 0 Å². The second-order valence-electron chi connectivity index (χ2n) is 16.1. The summed E-state index contributed by atoms with van der Waals surface area (Å²) < 4.78 is 270. The van der Waals surface area contributed by atoms with Crippen molar-refractivity contribution in [1.29, 1.82) is 0 Å². The third-order valence-electron chi connectivity index (χ3n) is 11.2. The highest BCUT2D eigenvalue weighted by Gasteiger charge is 2.95. The number of alkyl halides is 17. The van der Waals surface area contributed by atoms with E-state index < -0.39 is 110 Å². The number of carbonyl (C=O) groups is 1. The van der Waals surface area contributed by atoms with E-state index in [1.807, 2.05) is 0 Å². The molecule has 1 aliphatic heterocycles. The van der Waals surface area contributed by atoms with Crippen molar-refractivity contribution in [3.63, 3.8) is 0 Å². The van der Waals surface area contributed by atoms with Crippen LogP contribution >= 0.6 is 0 Å². The van der Waals surface area contributed by atoms with Gasteiger partial charge >= 0.3 is 53.6 Å². The molecule has 72 heavy (non-hydrogen) atoms. The number of aryl methyl sites for hydroxylation is 1. The minimum atomic E-state index is -8.70. The zero-order valence-corrected chi connectivity index (χ0v) is 36.8. The molecule has 1 aliphatic rings. The van der Waals surface area contributed by atoms with Gasteiger partial charge in [0.1, 0.15) is 24.4 Å². The average Bonchev–Trinajstić information content (AvgIpc) is 3.32. The average molecular weight is 1060 g/mol. The van der Waals surface area contributed by atoms with Crippen LogP contribution in [0.5, 0.6) is 11.5 Å². The van der Waals surface area contributed by atoms with Crippen LogP contribution in [-0.4, -0.2) is 108 Å². The summed E-state index contributed by atoms with van der Waals surface area (Å²) in [5.41, 5.74) is 1.44. The van der Waals surface area contributed by atoms with E-state index in [0.29, 0.717) is 11.1 Å². The predicted octanol–water partition coefficient (Wildman–Crippen LogP) is 11.6. The molecule has 4 aromatic carbocycles. The minimum absolute atomic E-state index is 0.000649. The number of carboxylic acid groups (broad SMARTS) is 1. The number of aliphatic hydroxyl groups excluding tert-OH is 1. The van der Waals surface area contributed by atoms with Crippen LogP contribution in [0.4, 0.5) is 74.6 Å². The molecule has 0 aliphatic carbocycles. The van der Waals surface area contributed by atoms with Gasteiger partial charge in [0.05, 0.1) is 39.1 Å². The van der Waals surface area contributed by atoms with E-state index in [0.717, 1.165) is 12.1 Å². The van der Waals surface area contributed by atoms with E-state index in [1.54, 1.807) is 60.7 Å². The topological polar surface area (TPSA) is 113 Å². The van der Waals surface area contributed by atoms with Gasteiger partial charge < -0.3 is 38.6 Å². The molecule has 0 saturated carbocycles. The van der Waals surface area contributed by atoms with Gasteiger partial charge in [-0.3, -0.25) is 0 Å². The molecule has 0 spiro atoms. The predicted molar refractivity (Wildman–Crippen MR) is 215 cm³/mol. The molecule has 0 radical (unpaired) electrons. The summed E-state index contributed by atoms with van der Waals surface area (Å²) in [5, 5.41) is 20.1. The zero-order valence-electron chi connectivity index (χ0n) is 36.8. The normalized spacial score (nSPS) is 19.8. The SMILES string of the molecule is COc1cc(C(=O)O)ccc1O[C@@H]1O[C@H](CO)[C@@H](OCc2ccc(CCCC(F)(F)C(F)(F)C(F)(F)C(F)(F)C(F)(F)C(F)(F)C(F)(F)C(F)(F)F)cc2)[C@H](OCc2ccccc2)[C@H]1OCc1ccccc1. The maximum atomic E-state index is 14.6. The number of aliphatic hydroxyl groups is 1. The number of hydrogen-bond acceptors (Lipinski definition) is 8. The Kier molecular flexibility index (Phi) is 17.5. The lowest BCUT2D eigenvalue weighted by atomic mass is 9.87. The van der Waals surface area contributed by atoms with Crippen LogP contribution in [-0.2, 0) is 45.2 Å². The maximum Gasteiger partial charge on any atom is 0.460 e. The van der Waals surface area contributed by atoms with Crippen LogP contribution in [0.15, 0.2) is 103 Å². The standard InChI is InChI=1S/C46H41F17O9/c1-67-32-21-30(37(65)66)18-19-31(32)71-38-36(70-24-28-11-6-3-7-12-28)35(69-23-27-9-4-2-5-10-27)34(33(22-64)72-38)68-25-29-16-14-26(15-17-29)13-8-20-39(47,48)40(49,50)41(51,52)42(53,54)43(55,56)44(57,58)45(59,60)46(61,62)63/h2-7,9-12,14-19,21,33-36,38,64H,8,13,20,22-25H2,1H3,(H,65,66)/t33-,34-,35+,36-,38-/m1/s1. The highest BCUT2D eigenvalue weighted by Crippen LogP contribution is 2.64. The van der Waals surface area contributed by atoms with Gasteiger partial charge in [-0.05, 0) is 53.3 Å². The fourth-order valence-corrected chi connectivity index (χ4v) is 7.11. The molecule has 1 saturated heterocycles. The number of benzene rings is 4. The van der Waals surface area contributed by atoms with Gasteiger partial charge in [-0.1, -0.05) is 84.9 Å². The molecule has 4 aromatic rings. The molecule has 5 atom stereocenters. The fourth-order valence-electron chi connectivity index (χ4n) is 7.11. The largest absolute Gasteiger partial charge is 0.493 e. The number of carboxylic acids is 1. The maximum absolute atomic E-state index is 14.6. The van der Waals surface area contributed by atoms with Crippen molar-refractivity contribution in [3.8, 4) is 11.5 Å². The van der Waals surface area contributed by atoms with Gasteiger partial charge in [0.15, 0.2) is 11.5 Å². The van der Waals surface area contributed by atoms with Crippen LogP contribution in [0.25, 0.3) is 0 Å². The van der Waals surface area contributed by atoms with E-state index in [2.05, 4.69) is 0 Å². The van der Waals surface area contributed by atoms with Crippen LogP contribution in [0, 0.1) is 0 Å². The molecule has 1 fully saturated rings. The number of aromatic carboxylic acids is 1. The van der Waals surface area contributed by atoms with E-state index in [9.17, 15) is 89.6 Å². The zero-order chi connectivity index (χ0) is 53.7. The van der Waals surface area contributed by atoms with Crippen molar-refractivity contribution in [3.05, 3.63) is 131 Å². The molecular weight excluding hydrogens is 1020 g/mol. The lowest BCUT2D eigenvalue weighted by Gasteiger charge is -2.45. The lowest BCUT2D eigenvalue weighted by Crippen LogP contribution is -2.74. The Morgan fingerprint density at radius 1 is 0.542 bits per heavy atom. The summed E-state index contributed by atoms with van der Waals surface area (Å²) in [4.78, 5) is 11.7. The Labute approximate surface area is 397 Å². The van der Waals surface area contributed by atoms with Gasteiger partial charge in [0, 0.05) is 6.42 Å². The van der Waals surface area contributed by atoms with E-state index in [4.69, 9.17) is 28.4 Å². The van der Waals surface area contributed by atoms with Gasteiger partial charge in [-0.25, -0.2) is 4.79 Å². The summed E-state index contributed by atoms with van der Waals surface area (Å²) in [5.74, 6) is -58.1. The molecule has 2 N–H and O–H groups in total.